The highest BCUT2D eigenvalue weighted by atomic mass is 32.1. The van der Waals surface area contributed by atoms with E-state index in [-0.39, 0.29) is 0 Å². The molecule has 4 rings (SSSR count). The van der Waals surface area contributed by atoms with Gasteiger partial charge in [0.2, 0.25) is 0 Å². The fraction of sp³-hybridized carbons (Fsp3) is 0.150. The molecule has 0 unspecified atom stereocenters. The number of benzene rings is 2. The quantitative estimate of drug-likeness (QED) is 0.526. The Balaban J connectivity index is 1.57. The highest BCUT2D eigenvalue weighted by Crippen LogP contribution is 2.34. The van der Waals surface area contributed by atoms with Gasteiger partial charge in [0.25, 0.3) is 0 Å². The van der Waals surface area contributed by atoms with E-state index in [0.717, 1.165) is 21.5 Å². The predicted octanol–water partition coefficient (Wildman–Crippen LogP) is 3.44. The molecular weight excluding hydrogens is 347 g/mol. The van der Waals surface area contributed by atoms with Crippen LogP contribution in [0.1, 0.15) is 11.0 Å². The van der Waals surface area contributed by atoms with Crippen molar-refractivity contribution in [3.8, 4) is 11.1 Å². The maximum atomic E-state index is 12.1. The highest BCUT2D eigenvalue weighted by Gasteiger charge is 2.46. The molecule has 0 spiro atoms. The standard InChI is InChI=1S/C20H17BO4S/c1-23-20(22)19-18(17-8-5-13-26-17)24-21(25-19)16-11-9-15(10-12-16)14-6-3-2-4-7-14/h2-13,18-19H,1H3/t18-,19+/m0/s1. The van der Waals surface area contributed by atoms with Gasteiger partial charge >= 0.3 is 13.1 Å². The molecule has 0 amide bonds. The molecular formula is C20H17BO4S. The first kappa shape index (κ1) is 17.0. The largest absolute Gasteiger partial charge is 0.495 e. The molecule has 3 aromatic rings. The average Bonchev–Trinajstić information content (AvgIpc) is 3.38. The van der Waals surface area contributed by atoms with E-state index < -0.39 is 25.3 Å². The summed E-state index contributed by atoms with van der Waals surface area (Å²) in [7, 11) is 0.759. The molecule has 1 aliphatic rings. The van der Waals surface area contributed by atoms with Crippen LogP contribution in [0.4, 0.5) is 0 Å². The van der Waals surface area contributed by atoms with Crippen LogP contribution >= 0.6 is 11.3 Å². The van der Waals surface area contributed by atoms with Crippen molar-refractivity contribution in [3.05, 3.63) is 77.0 Å². The van der Waals surface area contributed by atoms with Crippen molar-refractivity contribution in [1.82, 2.24) is 0 Å². The normalized spacial score (nSPS) is 19.5. The van der Waals surface area contributed by atoms with E-state index in [1.54, 1.807) is 0 Å². The number of methoxy groups -OCH3 is 1. The van der Waals surface area contributed by atoms with Gasteiger partial charge in [-0.05, 0) is 28.0 Å². The Hall–Kier alpha value is -2.41. The second-order valence-electron chi connectivity index (χ2n) is 5.97. The Kier molecular flexibility index (Phi) is 4.88. The predicted molar refractivity (Wildman–Crippen MR) is 102 cm³/mol. The van der Waals surface area contributed by atoms with Crippen LogP contribution in [-0.2, 0) is 18.8 Å². The molecule has 1 fully saturated rings. The Morgan fingerprint density at radius 3 is 2.35 bits per heavy atom. The lowest BCUT2D eigenvalue weighted by molar-refractivity contribution is -0.150. The number of carbonyl (C=O) groups is 1. The average molecular weight is 364 g/mol. The minimum absolute atomic E-state index is 0.424. The minimum atomic E-state index is -0.766. The van der Waals surface area contributed by atoms with E-state index in [4.69, 9.17) is 14.0 Å². The maximum absolute atomic E-state index is 12.1. The zero-order chi connectivity index (χ0) is 17.9. The van der Waals surface area contributed by atoms with Gasteiger partial charge in [0, 0.05) is 4.88 Å². The van der Waals surface area contributed by atoms with Crippen molar-refractivity contribution in [1.29, 1.82) is 0 Å². The van der Waals surface area contributed by atoms with Crippen molar-refractivity contribution in [3.63, 3.8) is 0 Å². The van der Waals surface area contributed by atoms with Crippen molar-refractivity contribution in [2.75, 3.05) is 7.11 Å². The smallest absolute Gasteiger partial charge is 0.467 e. The number of esters is 1. The molecule has 6 heteroatoms. The van der Waals surface area contributed by atoms with E-state index in [1.165, 1.54) is 18.4 Å². The van der Waals surface area contributed by atoms with Gasteiger partial charge in [0.05, 0.1) is 7.11 Å². The van der Waals surface area contributed by atoms with Gasteiger partial charge < -0.3 is 14.0 Å². The van der Waals surface area contributed by atoms with E-state index in [9.17, 15) is 4.79 Å². The first-order valence-electron chi connectivity index (χ1n) is 8.34. The summed E-state index contributed by atoms with van der Waals surface area (Å²) in [5.74, 6) is -0.424. The summed E-state index contributed by atoms with van der Waals surface area (Å²) in [6.45, 7) is 0. The molecule has 0 radical (unpaired) electrons. The monoisotopic (exact) mass is 364 g/mol. The molecule has 2 heterocycles. The lowest BCUT2D eigenvalue weighted by atomic mass is 9.79. The number of carbonyl (C=O) groups excluding carboxylic acids is 1. The second-order valence-corrected chi connectivity index (χ2v) is 6.95. The van der Waals surface area contributed by atoms with Gasteiger partial charge in [0.15, 0.2) is 6.10 Å². The van der Waals surface area contributed by atoms with Crippen molar-refractivity contribution < 1.29 is 18.8 Å². The zero-order valence-corrected chi connectivity index (χ0v) is 15.0. The lowest BCUT2D eigenvalue weighted by Gasteiger charge is -2.14. The Labute approximate surface area is 156 Å². The molecule has 0 N–H and O–H groups in total. The third-order valence-corrected chi connectivity index (χ3v) is 5.30. The molecule has 2 aromatic carbocycles. The van der Waals surface area contributed by atoms with E-state index in [2.05, 4.69) is 12.1 Å². The molecule has 130 valence electrons. The SMILES string of the molecule is COC(=O)[C@@H]1OB(c2ccc(-c3ccccc3)cc2)O[C@H]1c1cccs1. The number of thiophene rings is 1. The summed E-state index contributed by atoms with van der Waals surface area (Å²) in [5, 5.41) is 1.95. The Morgan fingerprint density at radius 1 is 0.962 bits per heavy atom. The number of hydrogen-bond donors (Lipinski definition) is 0. The molecule has 1 aliphatic heterocycles. The lowest BCUT2D eigenvalue weighted by Crippen LogP contribution is -2.34. The van der Waals surface area contributed by atoms with Gasteiger partial charge in [-0.15, -0.1) is 11.3 Å². The van der Waals surface area contributed by atoms with Crippen LogP contribution in [0.15, 0.2) is 72.1 Å². The summed E-state index contributed by atoms with van der Waals surface area (Å²) < 4.78 is 16.8. The van der Waals surface area contributed by atoms with Crippen LogP contribution in [0.5, 0.6) is 0 Å². The first-order valence-corrected chi connectivity index (χ1v) is 9.22. The number of rotatable bonds is 4. The molecule has 0 saturated carbocycles. The van der Waals surface area contributed by atoms with E-state index >= 15 is 0 Å². The van der Waals surface area contributed by atoms with Crippen LogP contribution < -0.4 is 5.46 Å². The van der Waals surface area contributed by atoms with Crippen molar-refractivity contribution in [2.24, 2.45) is 0 Å². The molecule has 1 aromatic heterocycles. The molecule has 0 bridgehead atoms. The molecule has 26 heavy (non-hydrogen) atoms. The third-order valence-electron chi connectivity index (χ3n) is 4.36. The number of ether oxygens (including phenoxy) is 1. The minimum Gasteiger partial charge on any atom is -0.467 e. The summed E-state index contributed by atoms with van der Waals surface area (Å²) in [6.07, 6.45) is -1.22. The van der Waals surface area contributed by atoms with Gasteiger partial charge in [0.1, 0.15) is 6.10 Å². The van der Waals surface area contributed by atoms with E-state index in [1.807, 2.05) is 60.0 Å². The van der Waals surface area contributed by atoms with Gasteiger partial charge in [-0.1, -0.05) is 60.7 Å². The molecule has 1 saturated heterocycles. The summed E-state index contributed by atoms with van der Waals surface area (Å²) in [5.41, 5.74) is 3.14. The van der Waals surface area contributed by atoms with Crippen LogP contribution in [0, 0.1) is 0 Å². The van der Waals surface area contributed by atoms with Gasteiger partial charge in [-0.3, -0.25) is 0 Å². The Bertz CT molecular complexity index is 865. The fourth-order valence-electron chi connectivity index (χ4n) is 3.03. The Morgan fingerprint density at radius 2 is 1.69 bits per heavy atom. The third kappa shape index (κ3) is 3.31. The maximum Gasteiger partial charge on any atom is 0.495 e. The van der Waals surface area contributed by atoms with Crippen LogP contribution in [0.3, 0.4) is 0 Å². The molecule has 0 aliphatic carbocycles. The van der Waals surface area contributed by atoms with Crippen LogP contribution in [0.25, 0.3) is 11.1 Å². The zero-order valence-electron chi connectivity index (χ0n) is 14.2. The van der Waals surface area contributed by atoms with Crippen molar-refractivity contribution in [2.45, 2.75) is 12.2 Å². The summed E-state index contributed by atoms with van der Waals surface area (Å²) in [4.78, 5) is 13.1. The highest BCUT2D eigenvalue weighted by molar-refractivity contribution is 7.10. The first-order chi connectivity index (χ1) is 12.8. The van der Waals surface area contributed by atoms with E-state index in [0.29, 0.717) is 0 Å². The summed E-state index contributed by atoms with van der Waals surface area (Å²) in [6, 6.07) is 22.0. The van der Waals surface area contributed by atoms with Gasteiger partial charge in [-0.2, -0.15) is 0 Å². The van der Waals surface area contributed by atoms with Crippen molar-refractivity contribution >= 4 is 29.9 Å². The molecule has 2 atom stereocenters. The van der Waals surface area contributed by atoms with Gasteiger partial charge in [-0.25, -0.2) is 4.79 Å². The second kappa shape index (κ2) is 7.46. The summed E-state index contributed by atoms with van der Waals surface area (Å²) >= 11 is 1.54. The fourth-order valence-corrected chi connectivity index (χ4v) is 3.81. The topological polar surface area (TPSA) is 44.8 Å². The van der Waals surface area contributed by atoms with Crippen LogP contribution in [-0.4, -0.2) is 26.3 Å². The number of hydrogen-bond acceptors (Lipinski definition) is 5. The molecule has 4 nitrogen and oxygen atoms in total. The van der Waals surface area contributed by atoms with Crippen LogP contribution in [0.2, 0.25) is 0 Å².